The number of carbonyl (C=O) groups is 1. The van der Waals surface area contributed by atoms with Gasteiger partial charge in [0.15, 0.2) is 6.29 Å². The zero-order valence-corrected chi connectivity index (χ0v) is 9.68. The van der Waals surface area contributed by atoms with E-state index < -0.39 is 5.82 Å². The van der Waals surface area contributed by atoms with Crippen molar-refractivity contribution in [3.05, 3.63) is 45.5 Å². The van der Waals surface area contributed by atoms with E-state index in [9.17, 15) is 9.18 Å². The van der Waals surface area contributed by atoms with Gasteiger partial charge in [0, 0.05) is 6.20 Å². The Hall–Kier alpha value is -1.24. The second-order valence-electron chi connectivity index (χ2n) is 2.89. The van der Waals surface area contributed by atoms with E-state index >= 15 is 0 Å². The summed E-state index contributed by atoms with van der Waals surface area (Å²) in [5.41, 5.74) is 0.477. The Kier molecular flexibility index (Phi) is 2.81. The first-order valence-electron chi connectivity index (χ1n) is 4.16. The normalized spacial score (nSPS) is 10.3. The minimum Gasteiger partial charge on any atom is -0.298 e. The molecule has 0 saturated carbocycles. The third kappa shape index (κ3) is 1.92. The predicted octanol–water partition coefficient (Wildman–Crippen LogP) is 2.43. The zero-order chi connectivity index (χ0) is 10.8. The van der Waals surface area contributed by atoms with E-state index in [1.165, 1.54) is 10.7 Å². The average molecular weight is 316 g/mol. The highest BCUT2D eigenvalue weighted by molar-refractivity contribution is 14.1. The first kappa shape index (κ1) is 10.3. The van der Waals surface area contributed by atoms with Crippen LogP contribution < -0.4 is 0 Å². The maximum atomic E-state index is 13.3. The highest BCUT2D eigenvalue weighted by Gasteiger charge is 2.09. The molecule has 0 aliphatic carbocycles. The van der Waals surface area contributed by atoms with Crippen molar-refractivity contribution in [3.63, 3.8) is 0 Å². The number of rotatable bonds is 2. The Morgan fingerprint density at radius 2 is 2.27 bits per heavy atom. The number of hydrogen-bond donors (Lipinski definition) is 0. The summed E-state index contributed by atoms with van der Waals surface area (Å²) < 4.78 is 15.7. The third-order valence-electron chi connectivity index (χ3n) is 1.95. The molecule has 0 amide bonds. The van der Waals surface area contributed by atoms with Gasteiger partial charge in [-0.3, -0.25) is 4.79 Å². The molecule has 0 aliphatic rings. The second-order valence-corrected chi connectivity index (χ2v) is 4.14. The van der Waals surface area contributed by atoms with Crippen LogP contribution in [0.5, 0.6) is 0 Å². The van der Waals surface area contributed by atoms with E-state index in [2.05, 4.69) is 27.7 Å². The summed E-state index contributed by atoms with van der Waals surface area (Å²) in [6.07, 6.45) is 3.86. The molecule has 1 aromatic carbocycles. The number of aldehydes is 1. The molecule has 3 nitrogen and oxygen atoms in total. The Balaban J connectivity index is 2.62. The van der Waals surface area contributed by atoms with E-state index in [-0.39, 0.29) is 5.56 Å². The van der Waals surface area contributed by atoms with E-state index in [0.29, 0.717) is 12.0 Å². The van der Waals surface area contributed by atoms with Gasteiger partial charge < -0.3 is 0 Å². The standard InChI is InChI=1S/C10H6FIN2O/c11-9-2-1-3-10(8(9)6-15)14-5-7(12)4-13-14/h1-6H. The van der Waals surface area contributed by atoms with Gasteiger partial charge in [-0.1, -0.05) is 6.07 Å². The van der Waals surface area contributed by atoms with Crippen molar-refractivity contribution in [3.8, 4) is 5.69 Å². The van der Waals surface area contributed by atoms with Crippen LogP contribution in [0.25, 0.3) is 5.69 Å². The number of benzene rings is 1. The van der Waals surface area contributed by atoms with Gasteiger partial charge in [-0.05, 0) is 34.7 Å². The lowest BCUT2D eigenvalue weighted by Gasteiger charge is -2.04. The minimum atomic E-state index is -0.534. The second kappa shape index (κ2) is 4.09. The highest BCUT2D eigenvalue weighted by Crippen LogP contribution is 2.16. The van der Waals surface area contributed by atoms with Crippen LogP contribution in [0.1, 0.15) is 10.4 Å². The fourth-order valence-corrected chi connectivity index (χ4v) is 1.66. The van der Waals surface area contributed by atoms with Crippen LogP contribution in [0.3, 0.4) is 0 Å². The molecule has 0 aliphatic heterocycles. The molecule has 1 heterocycles. The molecule has 0 N–H and O–H groups in total. The Bertz CT molecular complexity index is 510. The summed E-state index contributed by atoms with van der Waals surface area (Å²) >= 11 is 2.09. The number of halogens is 2. The molecule has 0 saturated heterocycles. The van der Waals surface area contributed by atoms with Crippen molar-refractivity contribution in [2.24, 2.45) is 0 Å². The molecule has 0 fully saturated rings. The lowest BCUT2D eigenvalue weighted by Crippen LogP contribution is -2.01. The van der Waals surface area contributed by atoms with Gasteiger partial charge in [0.05, 0.1) is 21.0 Å². The van der Waals surface area contributed by atoms with Gasteiger partial charge in [0.2, 0.25) is 0 Å². The van der Waals surface area contributed by atoms with Crippen molar-refractivity contribution in [1.29, 1.82) is 0 Å². The molecule has 0 radical (unpaired) electrons. The molecule has 2 rings (SSSR count). The van der Waals surface area contributed by atoms with Crippen LogP contribution in [0.4, 0.5) is 4.39 Å². The van der Waals surface area contributed by atoms with E-state index in [1.807, 2.05) is 0 Å². The number of aromatic nitrogens is 2. The zero-order valence-electron chi connectivity index (χ0n) is 7.52. The summed E-state index contributed by atoms with van der Waals surface area (Å²) in [6, 6.07) is 4.45. The van der Waals surface area contributed by atoms with Crippen LogP contribution >= 0.6 is 22.6 Å². The van der Waals surface area contributed by atoms with Crippen molar-refractivity contribution < 1.29 is 9.18 Å². The minimum absolute atomic E-state index is 0.0250. The fourth-order valence-electron chi connectivity index (χ4n) is 1.27. The highest BCUT2D eigenvalue weighted by atomic mass is 127. The third-order valence-corrected chi connectivity index (χ3v) is 2.50. The van der Waals surface area contributed by atoms with Gasteiger partial charge in [0.25, 0.3) is 0 Å². The van der Waals surface area contributed by atoms with Gasteiger partial charge in [-0.15, -0.1) is 0 Å². The molecule has 0 spiro atoms. The van der Waals surface area contributed by atoms with Gasteiger partial charge in [-0.2, -0.15) is 5.10 Å². The van der Waals surface area contributed by atoms with Crippen molar-refractivity contribution in [2.45, 2.75) is 0 Å². The first-order chi connectivity index (χ1) is 7.22. The van der Waals surface area contributed by atoms with Crippen LogP contribution in [0.15, 0.2) is 30.6 Å². The van der Waals surface area contributed by atoms with Gasteiger partial charge in [-0.25, -0.2) is 9.07 Å². The van der Waals surface area contributed by atoms with Crippen molar-refractivity contribution >= 4 is 28.9 Å². The predicted molar refractivity (Wildman–Crippen MR) is 61.6 cm³/mol. The molecule has 15 heavy (non-hydrogen) atoms. The number of nitrogens with zero attached hydrogens (tertiary/aromatic N) is 2. The average Bonchev–Trinajstić information content (AvgIpc) is 2.64. The molecular formula is C10H6FIN2O. The Morgan fingerprint density at radius 1 is 1.47 bits per heavy atom. The number of carbonyl (C=O) groups excluding carboxylic acids is 1. The maximum Gasteiger partial charge on any atom is 0.155 e. The SMILES string of the molecule is O=Cc1c(F)cccc1-n1cc(I)cn1. The quantitative estimate of drug-likeness (QED) is 0.630. The lowest BCUT2D eigenvalue weighted by molar-refractivity contribution is 0.111. The van der Waals surface area contributed by atoms with Crippen LogP contribution in [0.2, 0.25) is 0 Å². The molecule has 76 valence electrons. The van der Waals surface area contributed by atoms with E-state index in [0.717, 1.165) is 3.57 Å². The molecule has 1 aromatic heterocycles. The molecule has 0 bridgehead atoms. The molecule has 0 atom stereocenters. The van der Waals surface area contributed by atoms with Gasteiger partial charge in [0.1, 0.15) is 5.82 Å². The Labute approximate surface area is 99.0 Å². The monoisotopic (exact) mass is 316 g/mol. The first-order valence-corrected chi connectivity index (χ1v) is 5.24. The summed E-state index contributed by atoms with van der Waals surface area (Å²) in [5, 5.41) is 4.02. The molecule has 0 unspecified atom stereocenters. The lowest BCUT2D eigenvalue weighted by atomic mass is 10.2. The van der Waals surface area contributed by atoms with Crippen LogP contribution in [-0.4, -0.2) is 16.1 Å². The summed E-state index contributed by atoms with van der Waals surface area (Å²) in [4.78, 5) is 10.7. The Morgan fingerprint density at radius 3 is 2.87 bits per heavy atom. The maximum absolute atomic E-state index is 13.3. The van der Waals surface area contributed by atoms with Crippen LogP contribution in [0, 0.1) is 9.39 Å². The van der Waals surface area contributed by atoms with E-state index in [1.54, 1.807) is 24.5 Å². The molecule has 5 heteroatoms. The fraction of sp³-hybridized carbons (Fsp3) is 0. The summed E-state index contributed by atoms with van der Waals surface area (Å²) in [5.74, 6) is -0.534. The smallest absolute Gasteiger partial charge is 0.155 e. The van der Waals surface area contributed by atoms with Crippen LogP contribution in [-0.2, 0) is 0 Å². The number of hydrogen-bond acceptors (Lipinski definition) is 2. The van der Waals surface area contributed by atoms with Crippen molar-refractivity contribution in [1.82, 2.24) is 9.78 Å². The topological polar surface area (TPSA) is 34.9 Å². The summed E-state index contributed by atoms with van der Waals surface area (Å²) in [7, 11) is 0. The molecular weight excluding hydrogens is 310 g/mol. The molecule has 2 aromatic rings. The van der Waals surface area contributed by atoms with Gasteiger partial charge >= 0.3 is 0 Å². The van der Waals surface area contributed by atoms with Crippen molar-refractivity contribution in [2.75, 3.05) is 0 Å². The summed E-state index contributed by atoms with van der Waals surface area (Å²) in [6.45, 7) is 0. The largest absolute Gasteiger partial charge is 0.298 e. The van der Waals surface area contributed by atoms with E-state index in [4.69, 9.17) is 0 Å².